The van der Waals surface area contributed by atoms with Gasteiger partial charge in [-0.25, -0.2) is 4.79 Å². The van der Waals surface area contributed by atoms with E-state index in [1.54, 1.807) is 12.3 Å². The maximum Gasteiger partial charge on any atom is 0.337 e. The summed E-state index contributed by atoms with van der Waals surface area (Å²) in [6.07, 6.45) is 4.30. The standard InChI is InChI=1S/C21H17NO3/c1-24-21(23)16-5-2-4-15(11-16)20-12-18-10-14(7-8-19(18)25-20)17-6-3-9-22-13-17/h2-11,13,20H,12H2,1H3. The van der Waals surface area contributed by atoms with Crippen LogP contribution >= 0.6 is 0 Å². The molecule has 2 aromatic carbocycles. The lowest BCUT2D eigenvalue weighted by atomic mass is 9.99. The molecule has 1 aliphatic rings. The predicted molar refractivity (Wildman–Crippen MR) is 94.5 cm³/mol. The fourth-order valence-corrected chi connectivity index (χ4v) is 3.13. The van der Waals surface area contributed by atoms with Crippen LogP contribution in [0.5, 0.6) is 5.75 Å². The first-order chi connectivity index (χ1) is 12.2. The van der Waals surface area contributed by atoms with E-state index in [1.165, 1.54) is 7.11 Å². The van der Waals surface area contributed by atoms with Gasteiger partial charge in [-0.15, -0.1) is 0 Å². The van der Waals surface area contributed by atoms with Crippen molar-refractivity contribution in [1.29, 1.82) is 0 Å². The van der Waals surface area contributed by atoms with Gasteiger partial charge in [0.15, 0.2) is 0 Å². The first kappa shape index (κ1) is 15.4. The summed E-state index contributed by atoms with van der Waals surface area (Å²) in [5.74, 6) is 0.553. The Labute approximate surface area is 146 Å². The second-order valence-electron chi connectivity index (χ2n) is 5.99. The lowest BCUT2D eigenvalue weighted by Crippen LogP contribution is -2.06. The zero-order valence-electron chi connectivity index (χ0n) is 13.8. The van der Waals surface area contributed by atoms with E-state index in [1.807, 2.05) is 48.7 Å². The van der Waals surface area contributed by atoms with Crippen LogP contribution in [0.4, 0.5) is 0 Å². The summed E-state index contributed by atoms with van der Waals surface area (Å²) in [6, 6.07) is 17.6. The van der Waals surface area contributed by atoms with Crippen LogP contribution in [0, 0.1) is 0 Å². The second kappa shape index (κ2) is 6.40. The SMILES string of the molecule is COC(=O)c1cccc(C2Cc3cc(-c4cccnc4)ccc3O2)c1. The van der Waals surface area contributed by atoms with Gasteiger partial charge in [0.05, 0.1) is 12.7 Å². The molecule has 0 saturated heterocycles. The van der Waals surface area contributed by atoms with Crippen molar-refractivity contribution in [3.8, 4) is 16.9 Å². The van der Waals surface area contributed by atoms with E-state index in [2.05, 4.69) is 11.1 Å². The molecule has 1 aliphatic heterocycles. The molecule has 0 spiro atoms. The number of esters is 1. The zero-order chi connectivity index (χ0) is 17.2. The number of nitrogens with zero attached hydrogens (tertiary/aromatic N) is 1. The van der Waals surface area contributed by atoms with E-state index < -0.39 is 0 Å². The Kier molecular flexibility index (Phi) is 3.94. The number of benzene rings is 2. The minimum absolute atomic E-state index is 0.0937. The second-order valence-corrected chi connectivity index (χ2v) is 5.99. The van der Waals surface area contributed by atoms with E-state index in [0.717, 1.165) is 34.4 Å². The van der Waals surface area contributed by atoms with E-state index in [4.69, 9.17) is 9.47 Å². The molecule has 0 amide bonds. The van der Waals surface area contributed by atoms with Crippen LogP contribution in [0.3, 0.4) is 0 Å². The number of hydrogen-bond acceptors (Lipinski definition) is 4. The van der Waals surface area contributed by atoms with Crippen molar-refractivity contribution in [2.45, 2.75) is 12.5 Å². The summed E-state index contributed by atoms with van der Waals surface area (Å²) < 4.78 is 10.9. The summed E-state index contributed by atoms with van der Waals surface area (Å²) in [6.45, 7) is 0. The fourth-order valence-electron chi connectivity index (χ4n) is 3.13. The van der Waals surface area contributed by atoms with Gasteiger partial charge in [-0.3, -0.25) is 4.98 Å². The number of hydrogen-bond donors (Lipinski definition) is 0. The average Bonchev–Trinajstić information content (AvgIpc) is 3.11. The number of methoxy groups -OCH3 is 1. The minimum Gasteiger partial charge on any atom is -0.485 e. The number of fused-ring (bicyclic) bond motifs is 1. The lowest BCUT2D eigenvalue weighted by molar-refractivity contribution is 0.0600. The smallest absolute Gasteiger partial charge is 0.337 e. The van der Waals surface area contributed by atoms with E-state index in [9.17, 15) is 4.79 Å². The number of rotatable bonds is 3. The largest absolute Gasteiger partial charge is 0.485 e. The molecule has 25 heavy (non-hydrogen) atoms. The highest BCUT2D eigenvalue weighted by molar-refractivity contribution is 5.89. The molecule has 0 bridgehead atoms. The molecule has 1 aromatic heterocycles. The number of carbonyl (C=O) groups is 1. The average molecular weight is 331 g/mol. The van der Waals surface area contributed by atoms with Gasteiger partial charge in [-0.05, 0) is 47.0 Å². The fraction of sp³-hybridized carbons (Fsp3) is 0.143. The third kappa shape index (κ3) is 2.98. The molecule has 4 rings (SSSR count). The van der Waals surface area contributed by atoms with E-state index >= 15 is 0 Å². The molecule has 0 aliphatic carbocycles. The highest BCUT2D eigenvalue weighted by Gasteiger charge is 2.25. The number of carbonyl (C=O) groups excluding carboxylic acids is 1. The molecule has 0 radical (unpaired) electrons. The van der Waals surface area contributed by atoms with Crippen LogP contribution in [0.1, 0.15) is 27.6 Å². The van der Waals surface area contributed by atoms with Crippen molar-refractivity contribution < 1.29 is 14.3 Å². The maximum atomic E-state index is 11.7. The quantitative estimate of drug-likeness (QED) is 0.675. The third-order valence-corrected chi connectivity index (χ3v) is 4.41. The van der Waals surface area contributed by atoms with Gasteiger partial charge in [-0.1, -0.05) is 24.3 Å². The van der Waals surface area contributed by atoms with Crippen molar-refractivity contribution in [2.24, 2.45) is 0 Å². The van der Waals surface area contributed by atoms with Gasteiger partial charge in [0.2, 0.25) is 0 Å². The normalized spacial score (nSPS) is 15.3. The molecule has 3 aromatic rings. The Hall–Kier alpha value is -3.14. The van der Waals surface area contributed by atoms with Crippen molar-refractivity contribution in [2.75, 3.05) is 7.11 Å². The van der Waals surface area contributed by atoms with Crippen LogP contribution in [0.15, 0.2) is 67.0 Å². The highest BCUT2D eigenvalue weighted by Crippen LogP contribution is 2.38. The molecular formula is C21H17NO3. The van der Waals surface area contributed by atoms with Crippen LogP contribution in [0.2, 0.25) is 0 Å². The van der Waals surface area contributed by atoms with Crippen molar-refractivity contribution >= 4 is 5.97 Å². The lowest BCUT2D eigenvalue weighted by Gasteiger charge is -2.11. The van der Waals surface area contributed by atoms with Gasteiger partial charge in [-0.2, -0.15) is 0 Å². The maximum absolute atomic E-state index is 11.7. The summed E-state index contributed by atoms with van der Waals surface area (Å²) in [4.78, 5) is 15.9. The van der Waals surface area contributed by atoms with Crippen LogP contribution < -0.4 is 4.74 Å². The predicted octanol–water partition coefficient (Wildman–Crippen LogP) is 4.21. The Bertz CT molecular complexity index is 921. The van der Waals surface area contributed by atoms with Crippen LogP contribution in [-0.2, 0) is 11.2 Å². The van der Waals surface area contributed by atoms with Crippen molar-refractivity contribution in [3.05, 3.63) is 83.7 Å². The number of pyridine rings is 1. The number of ether oxygens (including phenoxy) is 2. The zero-order valence-corrected chi connectivity index (χ0v) is 13.8. The van der Waals surface area contributed by atoms with E-state index in [0.29, 0.717) is 5.56 Å². The van der Waals surface area contributed by atoms with Gasteiger partial charge < -0.3 is 9.47 Å². The monoisotopic (exact) mass is 331 g/mol. The van der Waals surface area contributed by atoms with Crippen LogP contribution in [-0.4, -0.2) is 18.1 Å². The molecule has 4 nitrogen and oxygen atoms in total. The summed E-state index contributed by atoms with van der Waals surface area (Å²) >= 11 is 0. The Morgan fingerprint density at radius 1 is 1.12 bits per heavy atom. The number of aromatic nitrogens is 1. The summed E-state index contributed by atoms with van der Waals surface area (Å²) in [5.41, 5.74) is 4.88. The Morgan fingerprint density at radius 3 is 2.84 bits per heavy atom. The minimum atomic E-state index is -0.337. The first-order valence-corrected chi connectivity index (χ1v) is 8.13. The molecule has 0 N–H and O–H groups in total. The van der Waals surface area contributed by atoms with Crippen molar-refractivity contribution in [3.63, 3.8) is 0 Å². The topological polar surface area (TPSA) is 48.4 Å². The highest BCUT2D eigenvalue weighted by atomic mass is 16.5. The van der Waals surface area contributed by atoms with Gasteiger partial charge >= 0.3 is 5.97 Å². The molecule has 124 valence electrons. The van der Waals surface area contributed by atoms with Crippen molar-refractivity contribution in [1.82, 2.24) is 4.98 Å². The summed E-state index contributed by atoms with van der Waals surface area (Å²) in [5, 5.41) is 0. The third-order valence-electron chi connectivity index (χ3n) is 4.41. The molecule has 0 fully saturated rings. The summed E-state index contributed by atoms with van der Waals surface area (Å²) in [7, 11) is 1.39. The Morgan fingerprint density at radius 2 is 2.04 bits per heavy atom. The molecule has 2 heterocycles. The van der Waals surface area contributed by atoms with Gasteiger partial charge in [0, 0.05) is 24.4 Å². The molecule has 0 saturated carbocycles. The first-order valence-electron chi connectivity index (χ1n) is 8.13. The van der Waals surface area contributed by atoms with Crippen LogP contribution in [0.25, 0.3) is 11.1 Å². The van der Waals surface area contributed by atoms with Gasteiger partial charge in [0.25, 0.3) is 0 Å². The van der Waals surface area contributed by atoms with Gasteiger partial charge in [0.1, 0.15) is 11.9 Å². The molecule has 4 heteroatoms. The molecule has 1 atom stereocenters. The van der Waals surface area contributed by atoms with E-state index in [-0.39, 0.29) is 12.1 Å². The molecular weight excluding hydrogens is 314 g/mol. The molecule has 1 unspecified atom stereocenters. The Balaban J connectivity index is 1.60.